The first-order valence-corrected chi connectivity index (χ1v) is 6.80. The van der Waals surface area contributed by atoms with Gasteiger partial charge >= 0.3 is 0 Å². The fraction of sp³-hybridized carbons (Fsp3) is 0.357. The van der Waals surface area contributed by atoms with E-state index in [1.165, 1.54) is 11.3 Å². The molecule has 0 aliphatic rings. The van der Waals surface area contributed by atoms with E-state index in [1.54, 1.807) is 5.51 Å². The average molecular weight is 263 g/mol. The normalized spacial score (nSPS) is 11.7. The van der Waals surface area contributed by atoms with Crippen LogP contribution in [0.25, 0.3) is 0 Å². The van der Waals surface area contributed by atoms with Crippen molar-refractivity contribution in [2.45, 2.75) is 18.8 Å². The zero-order valence-electron chi connectivity index (χ0n) is 10.3. The lowest BCUT2D eigenvalue weighted by Crippen LogP contribution is -2.37. The van der Waals surface area contributed by atoms with Crippen LogP contribution in [-0.4, -0.2) is 28.4 Å². The van der Waals surface area contributed by atoms with Gasteiger partial charge in [-0.3, -0.25) is 0 Å². The zero-order chi connectivity index (χ0) is 13.0. The van der Waals surface area contributed by atoms with E-state index in [1.807, 2.05) is 36.6 Å². The molecule has 18 heavy (non-hydrogen) atoms. The Hall–Kier alpha value is -1.23. The van der Waals surface area contributed by atoms with Crippen LogP contribution >= 0.6 is 11.3 Å². The highest BCUT2D eigenvalue weighted by atomic mass is 32.1. The van der Waals surface area contributed by atoms with Crippen molar-refractivity contribution >= 4 is 11.3 Å². The van der Waals surface area contributed by atoms with Gasteiger partial charge in [-0.2, -0.15) is 0 Å². The molecule has 0 bridgehead atoms. The fourth-order valence-electron chi connectivity index (χ4n) is 2.03. The second kappa shape index (κ2) is 5.61. The van der Waals surface area contributed by atoms with Crippen molar-refractivity contribution in [3.05, 3.63) is 52.0 Å². The van der Waals surface area contributed by atoms with E-state index >= 15 is 0 Å². The molecule has 2 rings (SSSR count). The van der Waals surface area contributed by atoms with Crippen molar-refractivity contribution in [1.82, 2.24) is 4.98 Å². The summed E-state index contributed by atoms with van der Waals surface area (Å²) < 4.78 is 0. The topological polar surface area (TPSA) is 53.4 Å². The molecule has 0 radical (unpaired) electrons. The Balaban J connectivity index is 2.33. The Kier molecular flexibility index (Phi) is 4.11. The molecule has 4 heteroatoms. The summed E-state index contributed by atoms with van der Waals surface area (Å²) in [6, 6.07) is 7.93. The van der Waals surface area contributed by atoms with Crippen molar-refractivity contribution in [2.24, 2.45) is 0 Å². The predicted molar refractivity (Wildman–Crippen MR) is 72.8 cm³/mol. The number of aryl methyl sites for hydroxylation is 1. The monoisotopic (exact) mass is 263 g/mol. The van der Waals surface area contributed by atoms with Crippen molar-refractivity contribution in [1.29, 1.82) is 0 Å². The molecule has 1 aromatic heterocycles. The number of aliphatic hydroxyl groups is 2. The van der Waals surface area contributed by atoms with Gasteiger partial charge in [0.05, 0.1) is 24.4 Å². The largest absolute Gasteiger partial charge is 0.395 e. The minimum Gasteiger partial charge on any atom is -0.395 e. The molecule has 1 heterocycles. The van der Waals surface area contributed by atoms with E-state index in [2.05, 4.69) is 4.98 Å². The predicted octanol–water partition coefficient (Wildman–Crippen LogP) is 1.92. The van der Waals surface area contributed by atoms with E-state index in [0.29, 0.717) is 6.42 Å². The van der Waals surface area contributed by atoms with Crippen LogP contribution in [0.5, 0.6) is 0 Å². The standard InChI is InChI=1S/C14H17NO2S/c1-11-2-4-12(5-3-11)14(8-16,9-17)6-13-7-18-10-15-13/h2-5,7,10,16-17H,6,8-9H2,1H3. The lowest BCUT2D eigenvalue weighted by Gasteiger charge is -2.29. The third kappa shape index (κ3) is 2.61. The lowest BCUT2D eigenvalue weighted by atomic mass is 9.78. The number of hydrogen-bond acceptors (Lipinski definition) is 4. The summed E-state index contributed by atoms with van der Waals surface area (Å²) in [4.78, 5) is 4.24. The van der Waals surface area contributed by atoms with Gasteiger partial charge in [0.2, 0.25) is 0 Å². The molecule has 96 valence electrons. The van der Waals surface area contributed by atoms with Gasteiger partial charge in [0.1, 0.15) is 0 Å². The summed E-state index contributed by atoms with van der Waals surface area (Å²) in [5.74, 6) is 0. The molecule has 2 aromatic rings. The third-order valence-electron chi connectivity index (χ3n) is 3.27. The summed E-state index contributed by atoms with van der Waals surface area (Å²) in [6.07, 6.45) is 0.548. The highest BCUT2D eigenvalue weighted by Gasteiger charge is 2.32. The van der Waals surface area contributed by atoms with E-state index in [9.17, 15) is 10.2 Å². The van der Waals surface area contributed by atoms with Crippen molar-refractivity contribution in [2.75, 3.05) is 13.2 Å². The molecule has 1 aromatic carbocycles. The molecule has 2 N–H and O–H groups in total. The third-order valence-corrected chi connectivity index (χ3v) is 3.91. The lowest BCUT2D eigenvalue weighted by molar-refractivity contribution is 0.115. The SMILES string of the molecule is Cc1ccc(C(CO)(CO)Cc2cscn2)cc1. The van der Waals surface area contributed by atoms with Crippen LogP contribution in [0, 0.1) is 6.92 Å². The number of nitrogens with zero attached hydrogens (tertiary/aromatic N) is 1. The number of benzene rings is 1. The van der Waals surface area contributed by atoms with Crippen LogP contribution in [0.1, 0.15) is 16.8 Å². The Morgan fingerprint density at radius 1 is 1.17 bits per heavy atom. The van der Waals surface area contributed by atoms with E-state index < -0.39 is 5.41 Å². The van der Waals surface area contributed by atoms with E-state index in [0.717, 1.165) is 16.8 Å². The van der Waals surface area contributed by atoms with Gasteiger partial charge in [0.25, 0.3) is 0 Å². The number of aromatic nitrogens is 1. The average Bonchev–Trinajstić information content (AvgIpc) is 2.90. The molecule has 0 atom stereocenters. The number of thiazole rings is 1. The van der Waals surface area contributed by atoms with Gasteiger partial charge in [0.15, 0.2) is 0 Å². The van der Waals surface area contributed by atoms with Crippen molar-refractivity contribution < 1.29 is 10.2 Å². The number of hydrogen-bond donors (Lipinski definition) is 2. The molecule has 0 aliphatic heterocycles. The van der Waals surface area contributed by atoms with E-state index in [4.69, 9.17) is 0 Å². The maximum absolute atomic E-state index is 9.71. The van der Waals surface area contributed by atoms with Crippen molar-refractivity contribution in [3.8, 4) is 0 Å². The second-order valence-corrected chi connectivity index (χ2v) is 5.34. The fourth-order valence-corrected chi connectivity index (χ4v) is 2.58. The summed E-state index contributed by atoms with van der Waals surface area (Å²) >= 11 is 1.52. The highest BCUT2D eigenvalue weighted by Crippen LogP contribution is 2.28. The maximum atomic E-state index is 9.71. The minimum atomic E-state index is -0.651. The molecule has 0 saturated carbocycles. The van der Waals surface area contributed by atoms with Gasteiger partial charge in [-0.25, -0.2) is 4.98 Å². The molecular weight excluding hydrogens is 246 g/mol. The van der Waals surface area contributed by atoms with Gasteiger partial charge in [-0.1, -0.05) is 29.8 Å². The summed E-state index contributed by atoms with van der Waals surface area (Å²) in [7, 11) is 0. The van der Waals surface area contributed by atoms with Crippen LogP contribution in [0.3, 0.4) is 0 Å². The first-order chi connectivity index (χ1) is 8.70. The Bertz CT molecular complexity index is 475. The smallest absolute Gasteiger partial charge is 0.0794 e. The molecular formula is C14H17NO2S. The van der Waals surface area contributed by atoms with Gasteiger partial charge in [0, 0.05) is 17.2 Å². The highest BCUT2D eigenvalue weighted by molar-refractivity contribution is 7.07. The molecule has 0 spiro atoms. The minimum absolute atomic E-state index is 0.0932. The Labute approximate surface area is 111 Å². The second-order valence-electron chi connectivity index (χ2n) is 4.62. The van der Waals surface area contributed by atoms with Gasteiger partial charge in [-0.05, 0) is 12.5 Å². The first-order valence-electron chi connectivity index (χ1n) is 5.86. The molecule has 0 fully saturated rings. The molecule has 0 amide bonds. The Morgan fingerprint density at radius 2 is 1.83 bits per heavy atom. The quantitative estimate of drug-likeness (QED) is 0.866. The summed E-state index contributed by atoms with van der Waals surface area (Å²) in [5, 5.41) is 21.4. The van der Waals surface area contributed by atoms with Crippen LogP contribution in [0.2, 0.25) is 0 Å². The molecule has 0 unspecified atom stereocenters. The van der Waals surface area contributed by atoms with E-state index in [-0.39, 0.29) is 13.2 Å². The van der Waals surface area contributed by atoms with Crippen molar-refractivity contribution in [3.63, 3.8) is 0 Å². The first kappa shape index (κ1) is 13.2. The number of rotatable bonds is 5. The van der Waals surface area contributed by atoms with Crippen LogP contribution in [0.4, 0.5) is 0 Å². The Morgan fingerprint density at radius 3 is 2.33 bits per heavy atom. The maximum Gasteiger partial charge on any atom is 0.0794 e. The van der Waals surface area contributed by atoms with Crippen LogP contribution < -0.4 is 0 Å². The van der Waals surface area contributed by atoms with Crippen LogP contribution in [-0.2, 0) is 11.8 Å². The molecule has 3 nitrogen and oxygen atoms in total. The van der Waals surface area contributed by atoms with Gasteiger partial charge in [-0.15, -0.1) is 11.3 Å². The number of aliphatic hydroxyl groups excluding tert-OH is 2. The summed E-state index contributed by atoms with van der Waals surface area (Å²) in [5.41, 5.74) is 4.14. The molecule has 0 saturated heterocycles. The molecule has 0 aliphatic carbocycles. The summed E-state index contributed by atoms with van der Waals surface area (Å²) in [6.45, 7) is 1.83. The zero-order valence-corrected chi connectivity index (χ0v) is 11.2. The van der Waals surface area contributed by atoms with Crippen LogP contribution in [0.15, 0.2) is 35.2 Å². The van der Waals surface area contributed by atoms with Gasteiger partial charge < -0.3 is 10.2 Å².